The molecule has 11 heteroatoms. The molecule has 0 aliphatic rings. The van der Waals surface area contributed by atoms with Gasteiger partial charge in [-0.05, 0) is 32.1 Å². The lowest BCUT2D eigenvalue weighted by Crippen LogP contribution is -2.28. The van der Waals surface area contributed by atoms with Gasteiger partial charge in [0.1, 0.15) is 12.2 Å². The van der Waals surface area contributed by atoms with Crippen LogP contribution in [0.1, 0.15) is 162 Å². The van der Waals surface area contributed by atoms with Gasteiger partial charge in [-0.25, -0.2) is 4.57 Å². The van der Waals surface area contributed by atoms with Crippen molar-refractivity contribution in [3.8, 4) is 0 Å². The molecule has 0 aromatic rings. The highest BCUT2D eigenvalue weighted by molar-refractivity contribution is 7.47. The van der Waals surface area contributed by atoms with Crippen LogP contribution in [0, 0.1) is 0 Å². The molecular formula is C35H67O10P. The van der Waals surface area contributed by atoms with Gasteiger partial charge >= 0.3 is 19.8 Å². The zero-order valence-electron chi connectivity index (χ0n) is 29.0. The average molecular weight is 679 g/mol. The van der Waals surface area contributed by atoms with Crippen LogP contribution in [-0.2, 0) is 32.7 Å². The van der Waals surface area contributed by atoms with E-state index in [0.717, 1.165) is 19.3 Å². The van der Waals surface area contributed by atoms with Crippen molar-refractivity contribution in [2.45, 2.75) is 174 Å². The molecule has 0 saturated carbocycles. The van der Waals surface area contributed by atoms with E-state index in [1.54, 1.807) is 6.92 Å². The number of hydrogen-bond acceptors (Lipinski definition) is 9. The number of ether oxygens (including phenoxy) is 2. The monoisotopic (exact) mass is 678 g/mol. The molecule has 0 heterocycles. The van der Waals surface area contributed by atoms with E-state index in [0.29, 0.717) is 6.42 Å². The molecule has 0 fully saturated rings. The van der Waals surface area contributed by atoms with E-state index in [1.807, 2.05) is 0 Å². The summed E-state index contributed by atoms with van der Waals surface area (Å²) in [6.07, 6.45) is 29.1. The second-order valence-corrected chi connectivity index (χ2v) is 13.6. The first-order chi connectivity index (χ1) is 22.3. The molecule has 0 spiro atoms. The first-order valence-corrected chi connectivity index (χ1v) is 19.6. The molecule has 0 radical (unpaired) electrons. The van der Waals surface area contributed by atoms with E-state index in [9.17, 15) is 29.3 Å². The van der Waals surface area contributed by atoms with Gasteiger partial charge in [0.15, 0.2) is 0 Å². The predicted molar refractivity (Wildman–Crippen MR) is 182 cm³/mol. The third kappa shape index (κ3) is 30.1. The largest absolute Gasteiger partial charge is 0.472 e. The topological polar surface area (TPSA) is 149 Å². The normalized spacial score (nSPS) is 14.3. The summed E-state index contributed by atoms with van der Waals surface area (Å²) in [4.78, 5) is 33.2. The number of phosphoric acid groups is 1. The first-order valence-electron chi connectivity index (χ1n) is 18.1. The van der Waals surface area contributed by atoms with Gasteiger partial charge in [0.25, 0.3) is 0 Å². The third-order valence-corrected chi connectivity index (χ3v) is 8.73. The number of phosphoric ester groups is 1. The standard InChI is InChI=1S/C35H67O10P/c1-3-5-6-7-8-9-10-11-12-13-14-15-16-17-18-19-20-21-22-23-24-25-26-27-35(39)45-33(29-37)31-43-46(40,41)42-30-32(28-36)44-34(38)4-2/h13-14,32-33,36-37H,3-12,15-31H2,1-2H3,(H,40,41)/b14-13-. The van der Waals surface area contributed by atoms with E-state index in [4.69, 9.17) is 18.5 Å². The summed E-state index contributed by atoms with van der Waals surface area (Å²) < 4.78 is 31.6. The van der Waals surface area contributed by atoms with Crippen LogP contribution in [0.2, 0.25) is 0 Å². The second-order valence-electron chi connectivity index (χ2n) is 12.2. The number of rotatable bonds is 34. The minimum absolute atomic E-state index is 0.0749. The van der Waals surface area contributed by atoms with E-state index >= 15 is 0 Å². The Kier molecular flexibility index (Phi) is 31.4. The van der Waals surface area contributed by atoms with Gasteiger partial charge in [0, 0.05) is 12.8 Å². The molecule has 3 unspecified atom stereocenters. The van der Waals surface area contributed by atoms with Crippen LogP contribution in [0.5, 0.6) is 0 Å². The van der Waals surface area contributed by atoms with E-state index < -0.39 is 58.4 Å². The van der Waals surface area contributed by atoms with E-state index in [1.165, 1.54) is 109 Å². The Bertz CT molecular complexity index is 791. The summed E-state index contributed by atoms with van der Waals surface area (Å²) in [7, 11) is -4.59. The Morgan fingerprint density at radius 1 is 0.587 bits per heavy atom. The Morgan fingerprint density at radius 2 is 0.957 bits per heavy atom. The van der Waals surface area contributed by atoms with Crippen molar-refractivity contribution in [1.82, 2.24) is 0 Å². The maximum atomic E-state index is 12.1. The van der Waals surface area contributed by atoms with Gasteiger partial charge in [-0.15, -0.1) is 0 Å². The summed E-state index contributed by atoms with van der Waals surface area (Å²) in [6.45, 7) is 1.54. The second kappa shape index (κ2) is 32.3. The molecule has 46 heavy (non-hydrogen) atoms. The third-order valence-electron chi connectivity index (χ3n) is 7.78. The molecule has 0 aliphatic heterocycles. The molecule has 3 N–H and O–H groups in total. The van der Waals surface area contributed by atoms with Crippen LogP contribution in [0.4, 0.5) is 0 Å². The van der Waals surface area contributed by atoms with Crippen LogP contribution in [0.15, 0.2) is 12.2 Å². The van der Waals surface area contributed by atoms with Crippen molar-refractivity contribution in [1.29, 1.82) is 0 Å². The summed E-state index contributed by atoms with van der Waals surface area (Å²) in [5.74, 6) is -1.11. The van der Waals surface area contributed by atoms with Crippen LogP contribution in [-0.4, -0.2) is 65.7 Å². The Labute approximate surface area is 279 Å². The first kappa shape index (κ1) is 44.7. The highest BCUT2D eigenvalue weighted by atomic mass is 31.2. The molecule has 0 aromatic heterocycles. The molecule has 0 aromatic carbocycles. The fourth-order valence-corrected chi connectivity index (χ4v) is 5.69. The maximum Gasteiger partial charge on any atom is 0.472 e. The van der Waals surface area contributed by atoms with E-state index in [-0.39, 0.29) is 12.8 Å². The number of esters is 2. The van der Waals surface area contributed by atoms with Gasteiger partial charge in [0.2, 0.25) is 0 Å². The lowest BCUT2D eigenvalue weighted by atomic mass is 10.0. The molecule has 272 valence electrons. The zero-order valence-corrected chi connectivity index (χ0v) is 29.9. The molecule has 0 aliphatic carbocycles. The average Bonchev–Trinajstić information content (AvgIpc) is 3.05. The predicted octanol–water partition coefficient (Wildman–Crippen LogP) is 8.50. The van der Waals surface area contributed by atoms with Crippen molar-refractivity contribution < 1.29 is 47.8 Å². The lowest BCUT2D eigenvalue weighted by Gasteiger charge is -2.20. The highest BCUT2D eigenvalue weighted by Crippen LogP contribution is 2.43. The van der Waals surface area contributed by atoms with Crippen molar-refractivity contribution in [2.24, 2.45) is 0 Å². The highest BCUT2D eigenvalue weighted by Gasteiger charge is 2.27. The van der Waals surface area contributed by atoms with Gasteiger partial charge in [-0.3, -0.25) is 18.6 Å². The molecule has 0 amide bonds. The summed E-state index contributed by atoms with van der Waals surface area (Å²) >= 11 is 0. The molecule has 10 nitrogen and oxygen atoms in total. The van der Waals surface area contributed by atoms with Crippen LogP contribution >= 0.6 is 7.82 Å². The SMILES string of the molecule is CCCCCCCCCC/C=C\CCCCCCCCCCCCCC(=O)OC(CO)COP(=O)(O)OCC(CO)OC(=O)CC. The molecule has 3 atom stereocenters. The number of carbonyl (C=O) groups is 2. The Balaban J connectivity index is 3.66. The smallest absolute Gasteiger partial charge is 0.457 e. The van der Waals surface area contributed by atoms with Crippen LogP contribution < -0.4 is 0 Å². The van der Waals surface area contributed by atoms with Gasteiger partial charge in [-0.1, -0.05) is 129 Å². The minimum Gasteiger partial charge on any atom is -0.457 e. The molecule has 0 saturated heterocycles. The van der Waals surface area contributed by atoms with Crippen molar-refractivity contribution in [2.75, 3.05) is 26.4 Å². The number of carbonyl (C=O) groups excluding carboxylic acids is 2. The van der Waals surface area contributed by atoms with E-state index in [2.05, 4.69) is 19.1 Å². The van der Waals surface area contributed by atoms with Crippen molar-refractivity contribution in [3.63, 3.8) is 0 Å². The van der Waals surface area contributed by atoms with Crippen LogP contribution in [0.25, 0.3) is 0 Å². The Hall–Kier alpha value is -1.29. The number of aliphatic hydroxyl groups is 2. The van der Waals surface area contributed by atoms with Gasteiger partial charge < -0.3 is 24.6 Å². The lowest BCUT2D eigenvalue weighted by molar-refractivity contribution is -0.153. The summed E-state index contributed by atoms with van der Waals surface area (Å²) in [6, 6.07) is 0. The number of unbranched alkanes of at least 4 members (excludes halogenated alkanes) is 19. The maximum absolute atomic E-state index is 12.1. The number of hydrogen-bond donors (Lipinski definition) is 3. The zero-order chi connectivity index (χ0) is 34.1. The molecule has 0 bridgehead atoms. The number of allylic oxidation sites excluding steroid dienone is 2. The molecule has 0 rings (SSSR count). The fraction of sp³-hybridized carbons (Fsp3) is 0.886. The minimum atomic E-state index is -4.59. The van der Waals surface area contributed by atoms with Gasteiger partial charge in [0.05, 0.1) is 26.4 Å². The fourth-order valence-electron chi connectivity index (χ4n) is 4.91. The number of aliphatic hydroxyl groups excluding tert-OH is 2. The molecular weight excluding hydrogens is 611 g/mol. The quantitative estimate of drug-likeness (QED) is 0.0262. The summed E-state index contributed by atoms with van der Waals surface area (Å²) in [5, 5.41) is 18.6. The Morgan fingerprint density at radius 3 is 1.35 bits per heavy atom. The van der Waals surface area contributed by atoms with Crippen molar-refractivity contribution in [3.05, 3.63) is 12.2 Å². The summed E-state index contributed by atoms with van der Waals surface area (Å²) in [5.41, 5.74) is 0. The van der Waals surface area contributed by atoms with Crippen molar-refractivity contribution >= 4 is 19.8 Å². The van der Waals surface area contributed by atoms with Crippen LogP contribution in [0.3, 0.4) is 0 Å². The van der Waals surface area contributed by atoms with Gasteiger partial charge in [-0.2, -0.15) is 0 Å².